The number of rotatable bonds is 6. The number of ether oxygens (including phenoxy) is 4. The lowest BCUT2D eigenvalue weighted by Gasteiger charge is -2.34. The van der Waals surface area contributed by atoms with E-state index in [2.05, 4.69) is 21.9 Å². The van der Waals surface area contributed by atoms with Gasteiger partial charge in [-0.3, -0.25) is 4.90 Å². The van der Waals surface area contributed by atoms with Crippen LogP contribution in [0.15, 0.2) is 60.7 Å². The smallest absolute Gasteiger partial charge is 0.354 e. The molecule has 2 aromatic heterocycles. The van der Waals surface area contributed by atoms with E-state index in [-0.39, 0.29) is 11.4 Å². The number of quaternary nitrogens is 1. The topological polar surface area (TPSA) is 141 Å². The highest BCUT2D eigenvalue weighted by atomic mass is 16.5. The summed E-state index contributed by atoms with van der Waals surface area (Å²) in [6, 6.07) is 17.5. The molecule has 1 aromatic carbocycles. The number of aromatic nitrogens is 2. The molecule has 0 saturated carbocycles. The van der Waals surface area contributed by atoms with E-state index in [4.69, 9.17) is 18.9 Å². The van der Waals surface area contributed by atoms with Crippen LogP contribution in [-0.2, 0) is 22.6 Å². The molecular formula is C31H39N4O8+. The van der Waals surface area contributed by atoms with Crippen LogP contribution in [-0.4, -0.2) is 114 Å². The van der Waals surface area contributed by atoms with E-state index in [1.54, 1.807) is 12.1 Å². The summed E-state index contributed by atoms with van der Waals surface area (Å²) in [7, 11) is 2.08. The minimum atomic E-state index is -1.06. The molecule has 1 unspecified atom stereocenters. The van der Waals surface area contributed by atoms with Crippen molar-refractivity contribution in [3.63, 3.8) is 0 Å². The summed E-state index contributed by atoms with van der Waals surface area (Å²) in [4.78, 5) is 33.5. The zero-order chi connectivity index (χ0) is 30.5. The summed E-state index contributed by atoms with van der Waals surface area (Å²) in [5.41, 5.74) is 1.37. The highest BCUT2D eigenvalue weighted by Gasteiger charge is 2.24. The molecule has 0 saturated heterocycles. The maximum absolute atomic E-state index is 11.4. The molecule has 12 nitrogen and oxygen atoms in total. The Balaban J connectivity index is 1.44. The minimum absolute atomic E-state index is 0.00868. The number of hydrogen-bond acceptors (Lipinski definition) is 9. The van der Waals surface area contributed by atoms with Gasteiger partial charge in [0, 0.05) is 19.6 Å². The molecule has 1 aliphatic heterocycles. The van der Waals surface area contributed by atoms with Crippen LogP contribution in [0.1, 0.15) is 32.4 Å². The first-order valence-corrected chi connectivity index (χ1v) is 14.3. The van der Waals surface area contributed by atoms with Crippen LogP contribution in [0.5, 0.6) is 11.5 Å². The van der Waals surface area contributed by atoms with E-state index in [0.29, 0.717) is 106 Å². The first kappa shape index (κ1) is 31.8. The third-order valence-electron chi connectivity index (χ3n) is 7.08. The van der Waals surface area contributed by atoms with Crippen LogP contribution in [0, 0.1) is 0 Å². The van der Waals surface area contributed by atoms with Crippen molar-refractivity contribution in [3.05, 3.63) is 83.4 Å². The van der Waals surface area contributed by atoms with Crippen LogP contribution >= 0.6 is 0 Å². The average Bonchev–Trinajstić information content (AvgIpc) is 2.99. The second kappa shape index (κ2) is 15.9. The van der Waals surface area contributed by atoms with Crippen molar-refractivity contribution in [1.29, 1.82) is 0 Å². The van der Waals surface area contributed by atoms with E-state index in [1.165, 1.54) is 12.1 Å². The molecule has 0 radical (unpaired) electrons. The fourth-order valence-electron chi connectivity index (χ4n) is 4.68. The molecule has 1 atom stereocenters. The highest BCUT2D eigenvalue weighted by molar-refractivity contribution is 5.85. The van der Waals surface area contributed by atoms with E-state index in [1.807, 2.05) is 36.4 Å². The third-order valence-corrected chi connectivity index (χ3v) is 7.08. The SMILES string of the molecule is C[N+]1(Cc2cccc(C(=O)O)n2)CCOCCOCCN(Cc2cccc(C(=O)O)n2)CCOc2ccccc2OCC1. The maximum atomic E-state index is 11.4. The number of pyridine rings is 2. The Morgan fingerprint density at radius 2 is 1.28 bits per heavy atom. The molecule has 0 fully saturated rings. The molecule has 43 heavy (non-hydrogen) atoms. The van der Waals surface area contributed by atoms with Gasteiger partial charge in [0.2, 0.25) is 0 Å². The number of benzene rings is 1. The molecule has 0 spiro atoms. The molecule has 1 aliphatic rings. The van der Waals surface area contributed by atoms with Crippen molar-refractivity contribution in [2.75, 3.05) is 72.9 Å². The van der Waals surface area contributed by atoms with Crippen molar-refractivity contribution < 1.29 is 43.2 Å². The van der Waals surface area contributed by atoms with E-state index >= 15 is 0 Å². The molecule has 0 bridgehead atoms. The Morgan fingerprint density at radius 1 is 0.721 bits per heavy atom. The zero-order valence-electron chi connectivity index (χ0n) is 24.4. The van der Waals surface area contributed by atoms with Gasteiger partial charge < -0.3 is 33.6 Å². The standard InChI is InChI=1S/C31H38N4O8/c1-35(23-25-7-5-9-27(33-25)31(38)39)14-18-41-21-20-40-16-12-34(22-24-6-4-8-26(32-24)30(36)37)13-17-42-28-10-2-3-11-29(28)43-19-15-35/h2-11H,12-23H2,1H3,(H-,36,37,38,39)/p+1. The van der Waals surface area contributed by atoms with Crippen LogP contribution in [0.25, 0.3) is 0 Å². The van der Waals surface area contributed by atoms with Gasteiger partial charge in [0.25, 0.3) is 0 Å². The first-order chi connectivity index (χ1) is 20.8. The molecule has 3 heterocycles. The second-order valence-corrected chi connectivity index (χ2v) is 10.5. The van der Waals surface area contributed by atoms with Gasteiger partial charge >= 0.3 is 11.9 Å². The van der Waals surface area contributed by atoms with Gasteiger partial charge in [-0.15, -0.1) is 0 Å². The minimum Gasteiger partial charge on any atom is -0.488 e. The van der Waals surface area contributed by atoms with Crippen molar-refractivity contribution in [3.8, 4) is 11.5 Å². The lowest BCUT2D eigenvalue weighted by atomic mass is 10.2. The van der Waals surface area contributed by atoms with Gasteiger partial charge in [-0.25, -0.2) is 19.6 Å². The molecule has 2 N–H and O–H groups in total. The summed E-state index contributed by atoms with van der Waals surface area (Å²) in [6.45, 7) is 5.99. The zero-order valence-corrected chi connectivity index (χ0v) is 24.4. The van der Waals surface area contributed by atoms with E-state index < -0.39 is 11.9 Å². The van der Waals surface area contributed by atoms with Crippen molar-refractivity contribution in [2.45, 2.75) is 13.1 Å². The fourth-order valence-corrected chi connectivity index (χ4v) is 4.68. The Hall–Kier alpha value is -4.10. The van der Waals surface area contributed by atoms with Crippen LogP contribution in [0.2, 0.25) is 0 Å². The summed E-state index contributed by atoms with van der Waals surface area (Å²) in [5.74, 6) is -0.866. The number of carboxylic acid groups (broad SMARTS) is 2. The van der Waals surface area contributed by atoms with Crippen molar-refractivity contribution >= 4 is 11.9 Å². The average molecular weight is 596 g/mol. The Morgan fingerprint density at radius 3 is 1.95 bits per heavy atom. The van der Waals surface area contributed by atoms with Crippen LogP contribution < -0.4 is 9.47 Å². The molecule has 4 rings (SSSR count). The monoisotopic (exact) mass is 595 g/mol. The molecule has 12 heteroatoms. The number of fused-ring (bicyclic) bond motifs is 1. The quantitative estimate of drug-likeness (QED) is 0.407. The number of para-hydroxylation sites is 2. The highest BCUT2D eigenvalue weighted by Crippen LogP contribution is 2.26. The number of carbonyl (C=O) groups is 2. The van der Waals surface area contributed by atoms with Crippen LogP contribution in [0.3, 0.4) is 0 Å². The van der Waals surface area contributed by atoms with Crippen molar-refractivity contribution in [2.24, 2.45) is 0 Å². The Kier molecular flexibility index (Phi) is 11.8. The predicted octanol–water partition coefficient (Wildman–Crippen LogP) is 2.83. The van der Waals surface area contributed by atoms with Gasteiger partial charge in [-0.2, -0.15) is 0 Å². The molecule has 230 valence electrons. The van der Waals surface area contributed by atoms with Gasteiger partial charge in [-0.05, 0) is 36.4 Å². The van der Waals surface area contributed by atoms with E-state index in [0.717, 1.165) is 0 Å². The largest absolute Gasteiger partial charge is 0.488 e. The lowest BCUT2D eigenvalue weighted by Crippen LogP contribution is -2.48. The summed E-state index contributed by atoms with van der Waals surface area (Å²) < 4.78 is 24.6. The van der Waals surface area contributed by atoms with Crippen LogP contribution in [0.4, 0.5) is 0 Å². The fraction of sp³-hybridized carbons (Fsp3) is 0.419. The van der Waals surface area contributed by atoms with Crippen molar-refractivity contribution in [1.82, 2.24) is 14.9 Å². The number of nitrogens with zero attached hydrogens (tertiary/aromatic N) is 4. The Labute approximate surface area is 251 Å². The summed E-state index contributed by atoms with van der Waals surface area (Å²) >= 11 is 0. The second-order valence-electron chi connectivity index (χ2n) is 10.5. The normalized spacial score (nSPS) is 19.6. The molecule has 3 aromatic rings. The van der Waals surface area contributed by atoms with E-state index in [9.17, 15) is 19.8 Å². The number of aromatic carboxylic acids is 2. The van der Waals surface area contributed by atoms with Gasteiger partial charge in [0.05, 0.1) is 44.9 Å². The third kappa shape index (κ3) is 10.3. The molecular weight excluding hydrogens is 556 g/mol. The molecule has 0 aliphatic carbocycles. The number of carboxylic acids is 2. The van der Waals surface area contributed by atoms with Gasteiger partial charge in [0.15, 0.2) is 11.5 Å². The first-order valence-electron chi connectivity index (χ1n) is 14.3. The Bertz CT molecular complexity index is 1360. The maximum Gasteiger partial charge on any atom is 0.354 e. The number of hydrogen-bond donors (Lipinski definition) is 2. The predicted molar refractivity (Wildman–Crippen MR) is 156 cm³/mol. The lowest BCUT2D eigenvalue weighted by molar-refractivity contribution is -0.923. The number of likely N-dealkylation sites (N-methyl/N-ethyl adjacent to an activating group) is 1. The summed E-state index contributed by atoms with van der Waals surface area (Å²) in [5, 5.41) is 18.7. The van der Waals surface area contributed by atoms with Gasteiger partial charge in [-0.1, -0.05) is 24.3 Å². The summed E-state index contributed by atoms with van der Waals surface area (Å²) in [6.07, 6.45) is 0. The molecule has 0 amide bonds. The van der Waals surface area contributed by atoms with Gasteiger partial charge in [0.1, 0.15) is 44.2 Å².